The van der Waals surface area contributed by atoms with E-state index in [0.717, 1.165) is 49.3 Å². The predicted molar refractivity (Wildman–Crippen MR) is 65.8 cm³/mol. The number of rotatable bonds is 1. The van der Waals surface area contributed by atoms with Gasteiger partial charge in [0.25, 0.3) is 0 Å². The highest BCUT2D eigenvalue weighted by molar-refractivity contribution is 5.91. The average molecular weight is 232 g/mol. The van der Waals surface area contributed by atoms with Crippen molar-refractivity contribution in [3.8, 4) is 11.5 Å². The normalized spacial score (nSPS) is 22.8. The largest absolute Gasteiger partial charge is 0.504 e. The third kappa shape index (κ3) is 1.64. The lowest BCUT2D eigenvalue weighted by molar-refractivity contribution is 0.395. The van der Waals surface area contributed by atoms with Gasteiger partial charge in [0.2, 0.25) is 0 Å². The molecule has 0 fully saturated rings. The maximum atomic E-state index is 9.89. The van der Waals surface area contributed by atoms with Crippen LogP contribution in [0.3, 0.4) is 0 Å². The van der Waals surface area contributed by atoms with Crippen LogP contribution in [0.15, 0.2) is 17.1 Å². The van der Waals surface area contributed by atoms with E-state index in [1.165, 1.54) is 0 Å². The number of hydrogen-bond donors (Lipinski definition) is 3. The quantitative estimate of drug-likeness (QED) is 0.643. The molecule has 90 valence electrons. The van der Waals surface area contributed by atoms with Crippen LogP contribution in [0, 0.1) is 0 Å². The molecule has 0 spiro atoms. The van der Waals surface area contributed by atoms with Gasteiger partial charge in [0.05, 0.1) is 6.54 Å². The zero-order chi connectivity index (χ0) is 11.8. The van der Waals surface area contributed by atoms with E-state index in [1.54, 1.807) is 6.07 Å². The Morgan fingerprint density at radius 3 is 2.94 bits per heavy atom. The first-order valence-electron chi connectivity index (χ1n) is 6.09. The van der Waals surface area contributed by atoms with Crippen molar-refractivity contribution in [3.05, 3.63) is 23.3 Å². The SMILES string of the molecule is Oc1ccc2c(c1O)CCCC2C1=NCCN1. The van der Waals surface area contributed by atoms with Crippen molar-refractivity contribution >= 4 is 5.84 Å². The predicted octanol–water partition coefficient (Wildman–Crippen LogP) is 1.52. The Morgan fingerprint density at radius 2 is 2.18 bits per heavy atom. The second-order valence-corrected chi connectivity index (χ2v) is 4.64. The fourth-order valence-corrected chi connectivity index (χ4v) is 2.80. The average Bonchev–Trinajstić information content (AvgIpc) is 2.87. The van der Waals surface area contributed by atoms with E-state index in [0.29, 0.717) is 0 Å². The number of phenolic OH excluding ortho intramolecular Hbond substituents is 2. The van der Waals surface area contributed by atoms with Gasteiger partial charge in [-0.1, -0.05) is 6.07 Å². The number of fused-ring (bicyclic) bond motifs is 1. The van der Waals surface area contributed by atoms with E-state index in [4.69, 9.17) is 0 Å². The number of nitrogens with one attached hydrogen (secondary N) is 1. The first-order valence-corrected chi connectivity index (χ1v) is 6.09. The molecule has 0 saturated heterocycles. The van der Waals surface area contributed by atoms with Gasteiger partial charge in [0.15, 0.2) is 11.5 Å². The molecule has 0 bridgehead atoms. The molecule has 1 aromatic rings. The Balaban J connectivity index is 2.05. The van der Waals surface area contributed by atoms with Gasteiger partial charge in [-0.2, -0.15) is 0 Å². The maximum absolute atomic E-state index is 9.89. The van der Waals surface area contributed by atoms with E-state index in [2.05, 4.69) is 10.3 Å². The Labute approximate surface area is 100 Å². The van der Waals surface area contributed by atoms with Gasteiger partial charge in [-0.25, -0.2) is 0 Å². The summed E-state index contributed by atoms with van der Waals surface area (Å²) in [4.78, 5) is 4.47. The minimum atomic E-state index is -0.0225. The summed E-state index contributed by atoms with van der Waals surface area (Å²) in [6, 6.07) is 3.48. The molecule has 0 aromatic heterocycles. The van der Waals surface area contributed by atoms with Crippen LogP contribution in [-0.4, -0.2) is 29.1 Å². The molecule has 1 atom stereocenters. The van der Waals surface area contributed by atoms with Crippen molar-refractivity contribution in [2.75, 3.05) is 13.1 Å². The van der Waals surface area contributed by atoms with E-state index >= 15 is 0 Å². The Bertz CT molecular complexity index is 483. The summed E-state index contributed by atoms with van der Waals surface area (Å²) in [6.45, 7) is 1.75. The van der Waals surface area contributed by atoms with Crippen LogP contribution in [0.5, 0.6) is 11.5 Å². The summed E-state index contributed by atoms with van der Waals surface area (Å²) in [7, 11) is 0. The molecule has 4 nitrogen and oxygen atoms in total. The first-order chi connectivity index (χ1) is 8.27. The number of aliphatic imine (C=N–C) groups is 1. The summed E-state index contributed by atoms with van der Waals surface area (Å²) >= 11 is 0. The minimum Gasteiger partial charge on any atom is -0.504 e. The van der Waals surface area contributed by atoms with Crippen LogP contribution in [0.1, 0.15) is 29.9 Å². The lowest BCUT2D eigenvalue weighted by Crippen LogP contribution is -2.28. The van der Waals surface area contributed by atoms with E-state index in [1.807, 2.05) is 6.07 Å². The van der Waals surface area contributed by atoms with Crippen LogP contribution in [0.4, 0.5) is 0 Å². The molecule has 1 heterocycles. The molecule has 1 aliphatic carbocycles. The maximum Gasteiger partial charge on any atom is 0.160 e. The van der Waals surface area contributed by atoms with E-state index < -0.39 is 0 Å². The number of amidine groups is 1. The van der Waals surface area contributed by atoms with Crippen LogP contribution < -0.4 is 5.32 Å². The Kier molecular flexibility index (Phi) is 2.42. The molecule has 17 heavy (non-hydrogen) atoms. The first kappa shape index (κ1) is 10.4. The van der Waals surface area contributed by atoms with Crippen LogP contribution in [0.25, 0.3) is 0 Å². The third-order valence-corrected chi connectivity index (χ3v) is 3.62. The molecule has 1 aromatic carbocycles. The zero-order valence-corrected chi connectivity index (χ0v) is 9.61. The molecular weight excluding hydrogens is 216 g/mol. The van der Waals surface area contributed by atoms with Gasteiger partial charge in [0, 0.05) is 18.0 Å². The molecule has 3 rings (SSSR count). The standard InChI is InChI=1S/C13H16N2O2/c16-11-5-4-8-9(12(11)17)2-1-3-10(8)13-14-6-7-15-13/h4-5,10,16-17H,1-3,6-7H2,(H,14,15). The fourth-order valence-electron chi connectivity index (χ4n) is 2.80. The topological polar surface area (TPSA) is 64.8 Å². The van der Waals surface area contributed by atoms with Gasteiger partial charge < -0.3 is 15.5 Å². The molecule has 0 radical (unpaired) electrons. The summed E-state index contributed by atoms with van der Waals surface area (Å²) in [5.41, 5.74) is 2.00. The third-order valence-electron chi connectivity index (χ3n) is 3.62. The second-order valence-electron chi connectivity index (χ2n) is 4.64. The summed E-state index contributed by atoms with van der Waals surface area (Å²) in [5, 5.41) is 22.7. The molecule has 0 amide bonds. The van der Waals surface area contributed by atoms with Crippen molar-refractivity contribution in [3.63, 3.8) is 0 Å². The van der Waals surface area contributed by atoms with E-state index in [9.17, 15) is 10.2 Å². The Hall–Kier alpha value is -1.71. The van der Waals surface area contributed by atoms with Crippen molar-refractivity contribution in [2.45, 2.75) is 25.2 Å². The molecule has 3 N–H and O–H groups in total. The van der Waals surface area contributed by atoms with Crippen LogP contribution in [-0.2, 0) is 6.42 Å². The van der Waals surface area contributed by atoms with Crippen molar-refractivity contribution in [1.29, 1.82) is 0 Å². The Morgan fingerprint density at radius 1 is 1.29 bits per heavy atom. The monoisotopic (exact) mass is 232 g/mol. The summed E-state index contributed by atoms with van der Waals surface area (Å²) in [6.07, 6.45) is 2.91. The van der Waals surface area contributed by atoms with Gasteiger partial charge in [-0.3, -0.25) is 4.99 Å². The smallest absolute Gasteiger partial charge is 0.160 e. The van der Waals surface area contributed by atoms with Crippen molar-refractivity contribution in [2.24, 2.45) is 4.99 Å². The van der Waals surface area contributed by atoms with Gasteiger partial charge >= 0.3 is 0 Å². The number of phenols is 2. The fraction of sp³-hybridized carbons (Fsp3) is 0.462. The van der Waals surface area contributed by atoms with Crippen molar-refractivity contribution in [1.82, 2.24) is 5.32 Å². The minimum absolute atomic E-state index is 0.0225. The van der Waals surface area contributed by atoms with Crippen LogP contribution in [0.2, 0.25) is 0 Å². The van der Waals surface area contributed by atoms with Crippen LogP contribution >= 0.6 is 0 Å². The molecule has 0 saturated carbocycles. The molecule has 2 aliphatic rings. The van der Waals surface area contributed by atoms with Gasteiger partial charge in [-0.15, -0.1) is 0 Å². The zero-order valence-electron chi connectivity index (χ0n) is 9.61. The number of hydrogen-bond acceptors (Lipinski definition) is 4. The highest BCUT2D eigenvalue weighted by Gasteiger charge is 2.28. The van der Waals surface area contributed by atoms with Gasteiger partial charge in [-0.05, 0) is 30.9 Å². The highest BCUT2D eigenvalue weighted by atomic mass is 16.3. The lowest BCUT2D eigenvalue weighted by Gasteiger charge is -2.26. The number of aromatic hydroxyl groups is 2. The highest BCUT2D eigenvalue weighted by Crippen LogP contribution is 2.41. The summed E-state index contributed by atoms with van der Waals surface area (Å²) < 4.78 is 0. The molecule has 4 heteroatoms. The number of nitrogens with zero attached hydrogens (tertiary/aromatic N) is 1. The molecule has 1 unspecified atom stereocenters. The van der Waals surface area contributed by atoms with Crippen molar-refractivity contribution < 1.29 is 10.2 Å². The second kappa shape index (κ2) is 3.95. The number of benzene rings is 1. The lowest BCUT2D eigenvalue weighted by atomic mass is 9.81. The summed E-state index contributed by atoms with van der Waals surface area (Å²) in [5.74, 6) is 1.32. The van der Waals surface area contributed by atoms with E-state index in [-0.39, 0.29) is 17.4 Å². The molecular formula is C13H16N2O2. The van der Waals surface area contributed by atoms with Gasteiger partial charge in [0.1, 0.15) is 5.84 Å². The molecule has 1 aliphatic heterocycles.